The van der Waals surface area contributed by atoms with Crippen molar-refractivity contribution in [2.24, 2.45) is 0 Å². The van der Waals surface area contributed by atoms with Crippen LogP contribution in [0.25, 0.3) is 0 Å². The Morgan fingerprint density at radius 3 is 2.84 bits per heavy atom. The number of rotatable bonds is 3. The number of hydrogen-bond acceptors (Lipinski definition) is 5. The second kappa shape index (κ2) is 5.44. The van der Waals surface area contributed by atoms with E-state index in [1.165, 1.54) is 22.8 Å². The minimum atomic E-state index is -3.54. The molecule has 106 valence electrons. The van der Waals surface area contributed by atoms with Gasteiger partial charge in [0, 0.05) is 38.1 Å². The molecule has 1 aromatic heterocycles. The van der Waals surface area contributed by atoms with Gasteiger partial charge >= 0.3 is 0 Å². The van der Waals surface area contributed by atoms with Gasteiger partial charge in [-0.1, -0.05) is 6.92 Å². The molecule has 19 heavy (non-hydrogen) atoms. The van der Waals surface area contributed by atoms with Crippen molar-refractivity contribution >= 4 is 15.7 Å². The van der Waals surface area contributed by atoms with Crippen LogP contribution in [0.15, 0.2) is 23.4 Å². The molecule has 0 radical (unpaired) electrons. The van der Waals surface area contributed by atoms with Gasteiger partial charge in [0.05, 0.1) is 5.69 Å². The van der Waals surface area contributed by atoms with Crippen LogP contribution in [0.1, 0.15) is 13.3 Å². The SMILES string of the molecule is CCC1CN(S(=O)(=O)c2cnccc2N)CCN1C. The normalized spacial score (nSPS) is 22.5. The van der Waals surface area contributed by atoms with Crippen LogP contribution >= 0.6 is 0 Å². The van der Waals surface area contributed by atoms with Crippen molar-refractivity contribution in [3.63, 3.8) is 0 Å². The quantitative estimate of drug-likeness (QED) is 0.868. The molecule has 1 aliphatic rings. The number of sulfonamides is 1. The maximum atomic E-state index is 12.6. The zero-order chi connectivity index (χ0) is 14.0. The van der Waals surface area contributed by atoms with Crippen LogP contribution in [0.3, 0.4) is 0 Å². The molecule has 0 aromatic carbocycles. The Kier molecular flexibility index (Phi) is 4.07. The molecule has 2 N–H and O–H groups in total. The molecular weight excluding hydrogens is 264 g/mol. The van der Waals surface area contributed by atoms with E-state index in [0.717, 1.165) is 13.0 Å². The molecule has 1 aromatic rings. The molecule has 1 fully saturated rings. The molecule has 1 aliphatic heterocycles. The fourth-order valence-electron chi connectivity index (χ4n) is 2.32. The fourth-order valence-corrected chi connectivity index (χ4v) is 3.85. The molecule has 1 unspecified atom stereocenters. The number of nitrogens with two attached hydrogens (primary N) is 1. The summed E-state index contributed by atoms with van der Waals surface area (Å²) in [7, 11) is -1.52. The van der Waals surface area contributed by atoms with Crippen molar-refractivity contribution in [2.45, 2.75) is 24.3 Å². The van der Waals surface area contributed by atoms with Gasteiger partial charge in [0.25, 0.3) is 0 Å². The van der Waals surface area contributed by atoms with Crippen molar-refractivity contribution < 1.29 is 8.42 Å². The van der Waals surface area contributed by atoms with E-state index in [0.29, 0.717) is 13.1 Å². The smallest absolute Gasteiger partial charge is 0.246 e. The monoisotopic (exact) mass is 284 g/mol. The molecule has 0 saturated carbocycles. The van der Waals surface area contributed by atoms with Crippen molar-refractivity contribution in [1.29, 1.82) is 0 Å². The van der Waals surface area contributed by atoms with Crippen molar-refractivity contribution in [1.82, 2.24) is 14.2 Å². The van der Waals surface area contributed by atoms with Crippen molar-refractivity contribution in [3.05, 3.63) is 18.5 Å². The number of piperazine rings is 1. The maximum absolute atomic E-state index is 12.6. The van der Waals surface area contributed by atoms with Gasteiger partial charge in [0.1, 0.15) is 4.90 Å². The Labute approximate surface area is 114 Å². The first-order chi connectivity index (χ1) is 8.96. The zero-order valence-corrected chi connectivity index (χ0v) is 12.1. The summed E-state index contributed by atoms with van der Waals surface area (Å²) in [5, 5.41) is 0. The minimum absolute atomic E-state index is 0.106. The third-order valence-corrected chi connectivity index (χ3v) is 5.55. The molecule has 2 heterocycles. The summed E-state index contributed by atoms with van der Waals surface area (Å²) >= 11 is 0. The topological polar surface area (TPSA) is 79.5 Å². The van der Waals surface area contributed by atoms with Gasteiger partial charge in [-0.3, -0.25) is 4.98 Å². The third kappa shape index (κ3) is 2.72. The summed E-state index contributed by atoms with van der Waals surface area (Å²) in [6.45, 7) is 3.79. The van der Waals surface area contributed by atoms with E-state index < -0.39 is 10.0 Å². The summed E-state index contributed by atoms with van der Waals surface area (Å²) in [6, 6.07) is 1.77. The van der Waals surface area contributed by atoms with Gasteiger partial charge in [-0.25, -0.2) is 8.42 Å². The van der Waals surface area contributed by atoms with Gasteiger partial charge in [0.15, 0.2) is 0 Å². The first-order valence-electron chi connectivity index (χ1n) is 6.36. The average Bonchev–Trinajstić information content (AvgIpc) is 2.39. The molecule has 0 aliphatic carbocycles. The summed E-state index contributed by atoms with van der Waals surface area (Å²) in [5.74, 6) is 0. The highest BCUT2D eigenvalue weighted by atomic mass is 32.2. The third-order valence-electron chi connectivity index (χ3n) is 3.65. The van der Waals surface area contributed by atoms with Crippen LogP contribution in [-0.4, -0.2) is 55.3 Å². The van der Waals surface area contributed by atoms with Gasteiger partial charge < -0.3 is 10.6 Å². The highest BCUT2D eigenvalue weighted by Gasteiger charge is 2.33. The number of hydrogen-bond donors (Lipinski definition) is 1. The zero-order valence-electron chi connectivity index (χ0n) is 11.3. The first-order valence-corrected chi connectivity index (χ1v) is 7.80. The van der Waals surface area contributed by atoms with E-state index in [-0.39, 0.29) is 16.6 Å². The van der Waals surface area contributed by atoms with E-state index >= 15 is 0 Å². The molecule has 1 atom stereocenters. The minimum Gasteiger partial charge on any atom is -0.398 e. The van der Waals surface area contributed by atoms with Crippen molar-refractivity contribution in [3.8, 4) is 0 Å². The van der Waals surface area contributed by atoms with Crippen molar-refractivity contribution in [2.75, 3.05) is 32.4 Å². The molecule has 2 rings (SSSR count). The number of likely N-dealkylation sites (N-methyl/N-ethyl adjacent to an activating group) is 1. The fraction of sp³-hybridized carbons (Fsp3) is 0.583. The summed E-state index contributed by atoms with van der Waals surface area (Å²) in [5.41, 5.74) is 6.00. The molecule has 0 bridgehead atoms. The van der Waals surface area contributed by atoms with E-state index in [9.17, 15) is 8.42 Å². The summed E-state index contributed by atoms with van der Waals surface area (Å²) in [6.07, 6.45) is 3.74. The molecular formula is C12H20N4O2S. The number of nitrogens with zero attached hydrogens (tertiary/aromatic N) is 3. The number of anilines is 1. The lowest BCUT2D eigenvalue weighted by Crippen LogP contribution is -2.52. The number of nitrogen functional groups attached to an aromatic ring is 1. The van der Waals surface area contributed by atoms with Gasteiger partial charge in [-0.2, -0.15) is 4.31 Å². The molecule has 6 nitrogen and oxygen atoms in total. The van der Waals surface area contributed by atoms with E-state index in [1.807, 2.05) is 7.05 Å². The Morgan fingerprint density at radius 2 is 2.21 bits per heavy atom. The molecule has 0 amide bonds. The Morgan fingerprint density at radius 1 is 1.47 bits per heavy atom. The Bertz CT molecular complexity index is 546. The molecule has 0 spiro atoms. The second-order valence-electron chi connectivity index (χ2n) is 4.82. The lowest BCUT2D eigenvalue weighted by atomic mass is 10.1. The summed E-state index contributed by atoms with van der Waals surface area (Å²) in [4.78, 5) is 6.16. The lowest BCUT2D eigenvalue weighted by molar-refractivity contribution is 0.144. The highest BCUT2D eigenvalue weighted by molar-refractivity contribution is 7.89. The molecule has 7 heteroatoms. The van der Waals surface area contributed by atoms with Gasteiger partial charge in [-0.05, 0) is 19.5 Å². The highest BCUT2D eigenvalue weighted by Crippen LogP contribution is 2.23. The number of pyridine rings is 1. The lowest BCUT2D eigenvalue weighted by Gasteiger charge is -2.38. The second-order valence-corrected chi connectivity index (χ2v) is 6.73. The predicted molar refractivity (Wildman–Crippen MR) is 74.1 cm³/mol. The Balaban J connectivity index is 2.28. The van der Waals surface area contributed by atoms with Crippen LogP contribution < -0.4 is 5.73 Å². The van der Waals surface area contributed by atoms with Crippen LogP contribution in [-0.2, 0) is 10.0 Å². The standard InChI is InChI=1S/C12H20N4O2S/c1-3-10-9-16(7-6-15(10)2)19(17,18)12-8-14-5-4-11(12)13/h4-5,8,10H,3,6-7,9H2,1-2H3,(H2,13,14). The summed E-state index contributed by atoms with van der Waals surface area (Å²) < 4.78 is 26.6. The van der Waals surface area contributed by atoms with Crippen LogP contribution in [0, 0.1) is 0 Å². The van der Waals surface area contributed by atoms with E-state index in [1.54, 1.807) is 0 Å². The van der Waals surface area contributed by atoms with E-state index in [4.69, 9.17) is 5.73 Å². The van der Waals surface area contributed by atoms with E-state index in [2.05, 4.69) is 16.8 Å². The Hall–Kier alpha value is -1.18. The van der Waals surface area contributed by atoms with Crippen LogP contribution in [0.4, 0.5) is 5.69 Å². The number of aromatic nitrogens is 1. The van der Waals surface area contributed by atoms with Gasteiger partial charge in [0.2, 0.25) is 10.0 Å². The first kappa shape index (κ1) is 14.2. The van der Waals surface area contributed by atoms with Gasteiger partial charge in [-0.15, -0.1) is 0 Å². The van der Waals surface area contributed by atoms with Crippen LogP contribution in [0.5, 0.6) is 0 Å². The predicted octanol–water partition coefficient (Wildman–Crippen LogP) is 0.379. The average molecular weight is 284 g/mol. The largest absolute Gasteiger partial charge is 0.398 e. The molecule has 1 saturated heterocycles. The maximum Gasteiger partial charge on any atom is 0.246 e. The van der Waals surface area contributed by atoms with Crippen LogP contribution in [0.2, 0.25) is 0 Å².